The van der Waals surface area contributed by atoms with E-state index in [1.165, 1.54) is 0 Å². The standard InChI is InChI=1S/C22H27N3O2/c1-16(26)24-15-17-10-12-18(13-11-17)21(20-9-5-6-14-23-20)25-22(27)19-7-3-2-4-8-19/h2-9,14,17-18,21H,10-13,15H2,1H3,(H,24,26)(H,25,27). The lowest BCUT2D eigenvalue weighted by Gasteiger charge is -2.34. The number of rotatable bonds is 6. The van der Waals surface area contributed by atoms with Crippen molar-refractivity contribution >= 4 is 11.8 Å². The molecule has 5 heteroatoms. The Hall–Kier alpha value is -2.69. The van der Waals surface area contributed by atoms with E-state index in [9.17, 15) is 9.59 Å². The van der Waals surface area contributed by atoms with E-state index in [1.807, 2.05) is 48.5 Å². The number of hydrogen-bond acceptors (Lipinski definition) is 3. The molecule has 2 aromatic rings. The zero-order valence-electron chi connectivity index (χ0n) is 15.7. The monoisotopic (exact) mass is 365 g/mol. The summed E-state index contributed by atoms with van der Waals surface area (Å²) in [4.78, 5) is 28.4. The first-order valence-corrected chi connectivity index (χ1v) is 9.64. The van der Waals surface area contributed by atoms with Crippen LogP contribution in [0.25, 0.3) is 0 Å². The van der Waals surface area contributed by atoms with Crippen LogP contribution in [0, 0.1) is 11.8 Å². The maximum Gasteiger partial charge on any atom is 0.251 e. The third-order valence-corrected chi connectivity index (χ3v) is 5.33. The van der Waals surface area contributed by atoms with E-state index in [4.69, 9.17) is 0 Å². The van der Waals surface area contributed by atoms with Crippen molar-refractivity contribution in [3.8, 4) is 0 Å². The van der Waals surface area contributed by atoms with Crippen molar-refractivity contribution in [3.63, 3.8) is 0 Å². The van der Waals surface area contributed by atoms with Crippen molar-refractivity contribution in [2.75, 3.05) is 6.54 Å². The van der Waals surface area contributed by atoms with Gasteiger partial charge in [0.2, 0.25) is 5.91 Å². The minimum Gasteiger partial charge on any atom is -0.356 e. The average molecular weight is 365 g/mol. The average Bonchev–Trinajstić information content (AvgIpc) is 2.72. The second-order valence-corrected chi connectivity index (χ2v) is 7.29. The van der Waals surface area contributed by atoms with Crippen molar-refractivity contribution in [1.82, 2.24) is 15.6 Å². The fourth-order valence-corrected chi connectivity index (χ4v) is 3.82. The number of benzene rings is 1. The van der Waals surface area contributed by atoms with Crippen LogP contribution in [0.5, 0.6) is 0 Å². The Morgan fingerprint density at radius 2 is 1.74 bits per heavy atom. The zero-order chi connectivity index (χ0) is 19.1. The van der Waals surface area contributed by atoms with Gasteiger partial charge in [0.05, 0.1) is 11.7 Å². The van der Waals surface area contributed by atoms with Crippen molar-refractivity contribution in [3.05, 3.63) is 66.0 Å². The number of hydrogen-bond donors (Lipinski definition) is 2. The van der Waals surface area contributed by atoms with Gasteiger partial charge >= 0.3 is 0 Å². The molecule has 1 saturated carbocycles. The van der Waals surface area contributed by atoms with Crippen molar-refractivity contribution in [2.24, 2.45) is 11.8 Å². The predicted molar refractivity (Wildman–Crippen MR) is 105 cm³/mol. The van der Waals surface area contributed by atoms with Crippen LogP contribution in [-0.2, 0) is 4.79 Å². The molecular formula is C22H27N3O2. The molecule has 1 unspecified atom stereocenters. The van der Waals surface area contributed by atoms with E-state index < -0.39 is 0 Å². The quantitative estimate of drug-likeness (QED) is 0.823. The van der Waals surface area contributed by atoms with Gasteiger partial charge in [-0.1, -0.05) is 24.3 Å². The van der Waals surface area contributed by atoms with Crippen molar-refractivity contribution < 1.29 is 9.59 Å². The van der Waals surface area contributed by atoms with Crippen molar-refractivity contribution in [1.29, 1.82) is 0 Å². The highest BCUT2D eigenvalue weighted by molar-refractivity contribution is 5.94. The van der Waals surface area contributed by atoms with Crippen LogP contribution in [0.4, 0.5) is 0 Å². The molecule has 2 N–H and O–H groups in total. The fourth-order valence-electron chi connectivity index (χ4n) is 3.82. The van der Waals surface area contributed by atoms with E-state index in [-0.39, 0.29) is 17.9 Å². The molecule has 142 valence electrons. The summed E-state index contributed by atoms with van der Waals surface area (Å²) in [5, 5.41) is 6.14. The molecule has 1 aromatic heterocycles. The van der Waals surface area contributed by atoms with E-state index >= 15 is 0 Å². The van der Waals surface area contributed by atoms with E-state index in [1.54, 1.807) is 13.1 Å². The summed E-state index contributed by atoms with van der Waals surface area (Å²) in [5.41, 5.74) is 1.57. The Balaban J connectivity index is 1.68. The molecule has 27 heavy (non-hydrogen) atoms. The molecule has 2 amide bonds. The summed E-state index contributed by atoms with van der Waals surface area (Å²) in [5.74, 6) is 0.825. The fraction of sp³-hybridized carbons (Fsp3) is 0.409. The van der Waals surface area contributed by atoms with Gasteiger partial charge in [-0.15, -0.1) is 0 Å². The van der Waals surface area contributed by atoms with Gasteiger partial charge < -0.3 is 10.6 Å². The first-order chi connectivity index (χ1) is 13.1. The normalized spacial score (nSPS) is 20.5. The number of nitrogens with one attached hydrogen (secondary N) is 2. The van der Waals surface area contributed by atoms with E-state index in [0.29, 0.717) is 17.4 Å². The van der Waals surface area contributed by atoms with E-state index in [2.05, 4.69) is 15.6 Å². The van der Waals surface area contributed by atoms with Gasteiger partial charge in [0, 0.05) is 25.2 Å². The summed E-state index contributed by atoms with van der Waals surface area (Å²) in [6.07, 6.45) is 5.91. The molecule has 1 fully saturated rings. The number of carbonyl (C=O) groups is 2. The number of pyridine rings is 1. The maximum absolute atomic E-state index is 12.7. The second kappa shape index (κ2) is 9.31. The number of amides is 2. The van der Waals surface area contributed by atoms with Crippen LogP contribution in [0.3, 0.4) is 0 Å². The SMILES string of the molecule is CC(=O)NCC1CCC(C(NC(=O)c2ccccc2)c2ccccn2)CC1. The molecule has 1 heterocycles. The minimum absolute atomic E-state index is 0.0265. The van der Waals surface area contributed by atoms with Gasteiger partial charge in [-0.2, -0.15) is 0 Å². The first kappa shape index (κ1) is 19.1. The van der Waals surface area contributed by atoms with Crippen LogP contribution in [0.2, 0.25) is 0 Å². The zero-order valence-corrected chi connectivity index (χ0v) is 15.7. The number of aromatic nitrogens is 1. The Labute approximate surface area is 160 Å². The topological polar surface area (TPSA) is 71.1 Å². The summed E-state index contributed by atoms with van der Waals surface area (Å²) in [7, 11) is 0. The Bertz CT molecular complexity index is 741. The first-order valence-electron chi connectivity index (χ1n) is 9.64. The summed E-state index contributed by atoms with van der Waals surface area (Å²) < 4.78 is 0. The lowest BCUT2D eigenvalue weighted by molar-refractivity contribution is -0.119. The van der Waals surface area contributed by atoms with Crippen LogP contribution in [0.1, 0.15) is 54.7 Å². The van der Waals surface area contributed by atoms with Crippen LogP contribution >= 0.6 is 0 Å². The molecule has 0 spiro atoms. The molecule has 0 radical (unpaired) electrons. The summed E-state index contributed by atoms with van der Waals surface area (Å²) >= 11 is 0. The molecular weight excluding hydrogens is 338 g/mol. The molecule has 0 bridgehead atoms. The van der Waals surface area contributed by atoms with Gasteiger partial charge in [0.25, 0.3) is 5.91 Å². The van der Waals surface area contributed by atoms with Gasteiger partial charge in [-0.25, -0.2) is 0 Å². The molecule has 1 aliphatic rings. The molecule has 0 saturated heterocycles. The maximum atomic E-state index is 12.7. The largest absolute Gasteiger partial charge is 0.356 e. The Morgan fingerprint density at radius 3 is 2.37 bits per heavy atom. The summed E-state index contributed by atoms with van der Waals surface area (Å²) in [6, 6.07) is 15.1. The number of nitrogens with zero attached hydrogens (tertiary/aromatic N) is 1. The lowest BCUT2D eigenvalue weighted by Crippen LogP contribution is -2.37. The minimum atomic E-state index is -0.0966. The van der Waals surface area contributed by atoms with Crippen LogP contribution in [0.15, 0.2) is 54.7 Å². The van der Waals surface area contributed by atoms with Gasteiger partial charge in [0.1, 0.15) is 0 Å². The van der Waals surface area contributed by atoms with Crippen LogP contribution < -0.4 is 10.6 Å². The van der Waals surface area contributed by atoms with E-state index in [0.717, 1.165) is 37.9 Å². The second-order valence-electron chi connectivity index (χ2n) is 7.29. The third kappa shape index (κ3) is 5.39. The molecule has 1 aromatic carbocycles. The predicted octanol–water partition coefficient (Wildman–Crippen LogP) is 3.50. The lowest BCUT2D eigenvalue weighted by atomic mass is 9.77. The Morgan fingerprint density at radius 1 is 1.04 bits per heavy atom. The Kier molecular flexibility index (Phi) is 6.58. The highest BCUT2D eigenvalue weighted by Crippen LogP contribution is 2.36. The molecule has 1 aliphatic carbocycles. The highest BCUT2D eigenvalue weighted by Gasteiger charge is 2.30. The molecule has 1 atom stereocenters. The molecule has 0 aliphatic heterocycles. The highest BCUT2D eigenvalue weighted by atomic mass is 16.2. The van der Waals surface area contributed by atoms with Crippen LogP contribution in [-0.4, -0.2) is 23.3 Å². The summed E-state index contributed by atoms with van der Waals surface area (Å²) in [6.45, 7) is 2.30. The van der Waals surface area contributed by atoms with Gasteiger partial charge in [-0.3, -0.25) is 14.6 Å². The third-order valence-electron chi connectivity index (χ3n) is 5.33. The smallest absolute Gasteiger partial charge is 0.251 e. The number of carbonyl (C=O) groups excluding carboxylic acids is 2. The van der Waals surface area contributed by atoms with Crippen molar-refractivity contribution in [2.45, 2.75) is 38.6 Å². The van der Waals surface area contributed by atoms with Gasteiger partial charge in [-0.05, 0) is 61.8 Å². The molecule has 3 rings (SSSR count). The van der Waals surface area contributed by atoms with Gasteiger partial charge in [0.15, 0.2) is 0 Å². The molecule has 5 nitrogen and oxygen atoms in total.